The molecule has 0 aromatic carbocycles. The minimum absolute atomic E-state index is 0.151. The third-order valence-corrected chi connectivity index (χ3v) is 4.13. The molecule has 4 nitrogen and oxygen atoms in total. The Morgan fingerprint density at radius 1 is 1.33 bits per heavy atom. The quantitative estimate of drug-likeness (QED) is 0.937. The minimum Gasteiger partial charge on any atom is -0.464 e. The number of furan rings is 1. The van der Waals surface area contributed by atoms with Crippen molar-refractivity contribution in [3.05, 3.63) is 24.6 Å². The van der Waals surface area contributed by atoms with Gasteiger partial charge in [-0.3, -0.25) is 0 Å². The molecule has 1 aliphatic heterocycles. The highest BCUT2D eigenvalue weighted by Gasteiger charge is 2.26. The summed E-state index contributed by atoms with van der Waals surface area (Å²) in [4.78, 5) is 7.09. The van der Waals surface area contributed by atoms with E-state index in [2.05, 4.69) is 36.0 Å². The summed E-state index contributed by atoms with van der Waals surface area (Å²) < 4.78 is 5.52. The SMILES string of the molecule is CC(C)(C)NCC1CCCCN1c1nccc2occc12. The summed E-state index contributed by atoms with van der Waals surface area (Å²) >= 11 is 0. The summed E-state index contributed by atoms with van der Waals surface area (Å²) in [5.41, 5.74) is 1.08. The third kappa shape index (κ3) is 3.21. The van der Waals surface area contributed by atoms with Gasteiger partial charge in [-0.05, 0) is 52.2 Å². The van der Waals surface area contributed by atoms with Gasteiger partial charge in [0.1, 0.15) is 11.4 Å². The molecule has 0 amide bonds. The van der Waals surface area contributed by atoms with Crippen molar-refractivity contribution in [3.63, 3.8) is 0 Å². The Kier molecular flexibility index (Phi) is 3.89. The molecule has 1 saturated heterocycles. The first kappa shape index (κ1) is 14.4. The van der Waals surface area contributed by atoms with Crippen LogP contribution in [-0.4, -0.2) is 29.7 Å². The molecule has 2 aromatic heterocycles. The van der Waals surface area contributed by atoms with E-state index in [-0.39, 0.29) is 5.54 Å². The van der Waals surface area contributed by atoms with Gasteiger partial charge in [-0.15, -0.1) is 0 Å². The molecular formula is C17H25N3O. The first-order valence-electron chi connectivity index (χ1n) is 7.88. The van der Waals surface area contributed by atoms with E-state index in [4.69, 9.17) is 4.42 Å². The molecule has 0 saturated carbocycles. The Labute approximate surface area is 126 Å². The van der Waals surface area contributed by atoms with Crippen LogP contribution in [0.1, 0.15) is 40.0 Å². The van der Waals surface area contributed by atoms with Crippen LogP contribution < -0.4 is 10.2 Å². The van der Waals surface area contributed by atoms with Gasteiger partial charge in [0.05, 0.1) is 11.6 Å². The van der Waals surface area contributed by atoms with Gasteiger partial charge in [-0.2, -0.15) is 0 Å². The second-order valence-corrected chi connectivity index (χ2v) is 6.94. The van der Waals surface area contributed by atoms with E-state index in [1.165, 1.54) is 19.3 Å². The summed E-state index contributed by atoms with van der Waals surface area (Å²) in [6.45, 7) is 8.73. The highest BCUT2D eigenvalue weighted by molar-refractivity contribution is 5.88. The Morgan fingerprint density at radius 2 is 2.19 bits per heavy atom. The second-order valence-electron chi connectivity index (χ2n) is 6.94. The zero-order valence-corrected chi connectivity index (χ0v) is 13.2. The van der Waals surface area contributed by atoms with Crippen LogP contribution in [0.4, 0.5) is 5.82 Å². The molecule has 1 fully saturated rings. The van der Waals surface area contributed by atoms with Gasteiger partial charge >= 0.3 is 0 Å². The van der Waals surface area contributed by atoms with Crippen LogP contribution in [0, 0.1) is 0 Å². The molecular weight excluding hydrogens is 262 g/mol. The predicted molar refractivity (Wildman–Crippen MR) is 86.7 cm³/mol. The maximum atomic E-state index is 5.52. The average Bonchev–Trinajstić information content (AvgIpc) is 2.93. The number of hydrogen-bond acceptors (Lipinski definition) is 4. The third-order valence-electron chi connectivity index (χ3n) is 4.13. The normalized spacial score (nSPS) is 20.1. The van der Waals surface area contributed by atoms with Gasteiger partial charge in [-0.25, -0.2) is 4.98 Å². The first-order valence-corrected chi connectivity index (χ1v) is 7.88. The highest BCUT2D eigenvalue weighted by Crippen LogP contribution is 2.30. The largest absolute Gasteiger partial charge is 0.464 e. The standard InChI is InChI=1S/C17H25N3O/c1-17(2,3)19-12-13-6-4-5-10-20(13)16-14-8-11-21-15(14)7-9-18-16/h7-9,11,13,19H,4-6,10,12H2,1-3H3. The lowest BCUT2D eigenvalue weighted by Crippen LogP contribution is -2.50. The molecule has 3 rings (SSSR count). The molecule has 1 aliphatic rings. The van der Waals surface area contributed by atoms with Crippen molar-refractivity contribution in [1.82, 2.24) is 10.3 Å². The first-order chi connectivity index (χ1) is 10.0. The van der Waals surface area contributed by atoms with E-state index in [0.717, 1.165) is 29.9 Å². The molecule has 3 heterocycles. The van der Waals surface area contributed by atoms with Gasteiger partial charge in [0.25, 0.3) is 0 Å². The zero-order valence-electron chi connectivity index (χ0n) is 13.2. The number of fused-ring (bicyclic) bond motifs is 1. The number of hydrogen-bond donors (Lipinski definition) is 1. The molecule has 1 atom stereocenters. The number of aromatic nitrogens is 1. The molecule has 114 valence electrons. The summed E-state index contributed by atoms with van der Waals surface area (Å²) in [5.74, 6) is 1.07. The lowest BCUT2D eigenvalue weighted by molar-refractivity contribution is 0.366. The minimum atomic E-state index is 0.151. The van der Waals surface area contributed by atoms with Crippen LogP contribution >= 0.6 is 0 Å². The average molecular weight is 287 g/mol. The van der Waals surface area contributed by atoms with Crippen molar-refractivity contribution in [1.29, 1.82) is 0 Å². The van der Waals surface area contributed by atoms with Gasteiger partial charge < -0.3 is 14.6 Å². The smallest absolute Gasteiger partial charge is 0.139 e. The maximum absolute atomic E-state index is 5.52. The van der Waals surface area contributed by atoms with Gasteiger partial charge in [0, 0.05) is 30.9 Å². The molecule has 1 N–H and O–H groups in total. The number of rotatable bonds is 3. The van der Waals surface area contributed by atoms with E-state index in [1.54, 1.807) is 6.26 Å². The van der Waals surface area contributed by atoms with Crippen LogP contribution in [0.5, 0.6) is 0 Å². The van der Waals surface area contributed by atoms with E-state index in [1.807, 2.05) is 18.3 Å². The van der Waals surface area contributed by atoms with E-state index < -0.39 is 0 Å². The Hall–Kier alpha value is -1.55. The summed E-state index contributed by atoms with van der Waals surface area (Å²) in [6.07, 6.45) is 7.36. The van der Waals surface area contributed by atoms with Gasteiger partial charge in [-0.1, -0.05) is 0 Å². The van der Waals surface area contributed by atoms with Gasteiger partial charge in [0.2, 0.25) is 0 Å². The Bertz CT molecular complexity index is 599. The molecule has 0 aliphatic carbocycles. The van der Waals surface area contributed by atoms with Crippen molar-refractivity contribution < 1.29 is 4.42 Å². The maximum Gasteiger partial charge on any atom is 0.139 e. The number of piperidine rings is 1. The van der Waals surface area contributed by atoms with Crippen LogP contribution in [0.2, 0.25) is 0 Å². The molecule has 0 bridgehead atoms. The van der Waals surface area contributed by atoms with Crippen molar-refractivity contribution >= 4 is 16.8 Å². The fourth-order valence-corrected chi connectivity index (χ4v) is 3.02. The van der Waals surface area contributed by atoms with Crippen LogP contribution in [-0.2, 0) is 0 Å². The zero-order chi connectivity index (χ0) is 14.9. The van der Waals surface area contributed by atoms with E-state index in [0.29, 0.717) is 6.04 Å². The van der Waals surface area contributed by atoms with Crippen molar-refractivity contribution in [2.24, 2.45) is 0 Å². The summed E-state index contributed by atoms with van der Waals surface area (Å²) in [6, 6.07) is 4.47. The van der Waals surface area contributed by atoms with E-state index in [9.17, 15) is 0 Å². The molecule has 0 spiro atoms. The van der Waals surface area contributed by atoms with Crippen LogP contribution in [0.15, 0.2) is 29.0 Å². The fourth-order valence-electron chi connectivity index (χ4n) is 3.02. The lowest BCUT2D eigenvalue weighted by Gasteiger charge is -2.38. The Balaban J connectivity index is 1.85. The van der Waals surface area contributed by atoms with E-state index >= 15 is 0 Å². The molecule has 2 aromatic rings. The lowest BCUT2D eigenvalue weighted by atomic mass is 10.00. The number of nitrogens with zero attached hydrogens (tertiary/aromatic N) is 2. The van der Waals surface area contributed by atoms with Crippen molar-refractivity contribution in [2.75, 3.05) is 18.0 Å². The van der Waals surface area contributed by atoms with Crippen molar-refractivity contribution in [3.8, 4) is 0 Å². The fraction of sp³-hybridized carbons (Fsp3) is 0.588. The second kappa shape index (κ2) is 5.68. The number of anilines is 1. The molecule has 1 unspecified atom stereocenters. The molecule has 4 heteroatoms. The predicted octanol–water partition coefficient (Wildman–Crippen LogP) is 3.57. The topological polar surface area (TPSA) is 41.3 Å². The van der Waals surface area contributed by atoms with Crippen molar-refractivity contribution in [2.45, 2.75) is 51.6 Å². The number of nitrogens with one attached hydrogen (secondary N) is 1. The number of pyridine rings is 1. The van der Waals surface area contributed by atoms with Crippen LogP contribution in [0.3, 0.4) is 0 Å². The summed E-state index contributed by atoms with van der Waals surface area (Å²) in [5, 5.41) is 4.77. The van der Waals surface area contributed by atoms with Crippen LogP contribution in [0.25, 0.3) is 11.0 Å². The summed E-state index contributed by atoms with van der Waals surface area (Å²) in [7, 11) is 0. The monoisotopic (exact) mass is 287 g/mol. The van der Waals surface area contributed by atoms with Gasteiger partial charge in [0.15, 0.2) is 0 Å². The molecule has 0 radical (unpaired) electrons. The highest BCUT2D eigenvalue weighted by atomic mass is 16.3. The molecule has 21 heavy (non-hydrogen) atoms. The Morgan fingerprint density at radius 3 is 3.00 bits per heavy atom.